The van der Waals surface area contributed by atoms with Crippen molar-refractivity contribution in [3.63, 3.8) is 0 Å². The zero-order valence-electron chi connectivity index (χ0n) is 40.4. The predicted octanol–water partition coefficient (Wildman–Crippen LogP) is 17.1. The van der Waals surface area contributed by atoms with E-state index >= 15 is 0 Å². The standard InChI is InChI=1S/C55H98O6/c1-4-7-10-13-16-19-21-23-25-27-28-30-31-33-36-39-42-45-48-54(57)60-51-52(50-59-53(56)47-44-41-38-35-18-15-12-9-6-3)61-55(58)49-46-43-40-37-34-32-29-26-24-22-20-17-14-11-8-5-2/h9,12,18,28,30,35,41,44,52H,4-8,10-11,13-17,19-27,29,31-34,36-40,42-43,45-51H2,1-3H3/b12-9-,30-28-,35-18-,44-41-. The van der Waals surface area contributed by atoms with Crippen LogP contribution < -0.4 is 0 Å². The van der Waals surface area contributed by atoms with Gasteiger partial charge in [-0.25, -0.2) is 0 Å². The normalized spacial score (nSPS) is 12.4. The smallest absolute Gasteiger partial charge is 0.309 e. The Balaban J connectivity index is 4.33. The Kier molecular flexibility index (Phi) is 47.9. The van der Waals surface area contributed by atoms with Gasteiger partial charge in [-0.1, -0.05) is 236 Å². The molecule has 1 atom stereocenters. The third kappa shape index (κ3) is 48.3. The first-order valence-electron chi connectivity index (χ1n) is 26.1. The van der Waals surface area contributed by atoms with Crippen LogP contribution in [0.1, 0.15) is 265 Å². The van der Waals surface area contributed by atoms with Gasteiger partial charge >= 0.3 is 17.9 Å². The van der Waals surface area contributed by atoms with Gasteiger partial charge in [0.2, 0.25) is 0 Å². The number of hydrogen-bond donors (Lipinski definition) is 0. The summed E-state index contributed by atoms with van der Waals surface area (Å²) < 4.78 is 16.7. The van der Waals surface area contributed by atoms with Crippen LogP contribution in [0.15, 0.2) is 48.6 Å². The lowest BCUT2D eigenvalue weighted by Gasteiger charge is -2.18. The van der Waals surface area contributed by atoms with E-state index in [9.17, 15) is 14.4 Å². The number of hydrogen-bond acceptors (Lipinski definition) is 6. The van der Waals surface area contributed by atoms with Gasteiger partial charge in [0.15, 0.2) is 6.10 Å². The Bertz CT molecular complexity index is 1070. The van der Waals surface area contributed by atoms with E-state index in [1.54, 1.807) is 6.08 Å². The second-order valence-electron chi connectivity index (χ2n) is 17.4. The summed E-state index contributed by atoms with van der Waals surface area (Å²) in [5.41, 5.74) is 0. The average Bonchev–Trinajstić information content (AvgIpc) is 3.26. The van der Waals surface area contributed by atoms with Gasteiger partial charge in [0.25, 0.3) is 0 Å². The Morgan fingerprint density at radius 1 is 0.361 bits per heavy atom. The number of allylic oxidation sites excluding steroid dienone is 7. The van der Waals surface area contributed by atoms with Crippen LogP contribution in [0, 0.1) is 0 Å². The molecule has 0 aromatic heterocycles. The van der Waals surface area contributed by atoms with Crippen molar-refractivity contribution in [2.24, 2.45) is 0 Å². The van der Waals surface area contributed by atoms with Crippen LogP contribution in [0.4, 0.5) is 0 Å². The summed E-state index contributed by atoms with van der Waals surface area (Å²) in [5, 5.41) is 0. The summed E-state index contributed by atoms with van der Waals surface area (Å²) in [5.74, 6) is -1.03. The molecule has 0 bridgehead atoms. The quantitative estimate of drug-likeness (QED) is 0.0263. The molecule has 0 aromatic carbocycles. The second kappa shape index (κ2) is 50.0. The van der Waals surface area contributed by atoms with Crippen LogP contribution in [0.3, 0.4) is 0 Å². The molecule has 0 saturated carbocycles. The molecule has 1 unspecified atom stereocenters. The first-order valence-corrected chi connectivity index (χ1v) is 26.1. The predicted molar refractivity (Wildman–Crippen MR) is 261 cm³/mol. The number of ether oxygens (including phenoxy) is 3. The Morgan fingerprint density at radius 3 is 1.13 bits per heavy atom. The maximum Gasteiger partial charge on any atom is 0.309 e. The molecule has 0 aromatic rings. The molecule has 354 valence electrons. The van der Waals surface area contributed by atoms with Crippen LogP contribution in [-0.2, 0) is 28.6 Å². The molecule has 0 N–H and O–H groups in total. The van der Waals surface area contributed by atoms with E-state index in [1.807, 2.05) is 6.08 Å². The minimum Gasteiger partial charge on any atom is -0.462 e. The van der Waals surface area contributed by atoms with Crippen molar-refractivity contribution in [2.45, 2.75) is 271 Å². The molecular weight excluding hydrogens is 757 g/mol. The van der Waals surface area contributed by atoms with Gasteiger partial charge in [-0.15, -0.1) is 0 Å². The van der Waals surface area contributed by atoms with Crippen LogP contribution in [0.25, 0.3) is 0 Å². The zero-order valence-corrected chi connectivity index (χ0v) is 40.4. The van der Waals surface area contributed by atoms with Gasteiger partial charge in [-0.05, 0) is 57.8 Å². The van der Waals surface area contributed by atoms with Crippen LogP contribution in [0.5, 0.6) is 0 Å². The van der Waals surface area contributed by atoms with Gasteiger partial charge < -0.3 is 14.2 Å². The highest BCUT2D eigenvalue weighted by molar-refractivity contribution is 5.72. The number of esters is 3. The summed E-state index contributed by atoms with van der Waals surface area (Å²) in [6.07, 6.45) is 60.0. The summed E-state index contributed by atoms with van der Waals surface area (Å²) in [6, 6.07) is 0. The molecule has 0 fully saturated rings. The summed E-state index contributed by atoms with van der Waals surface area (Å²) >= 11 is 0. The molecule has 0 rings (SSSR count). The van der Waals surface area contributed by atoms with Gasteiger partial charge in [-0.2, -0.15) is 0 Å². The van der Waals surface area contributed by atoms with Crippen molar-refractivity contribution in [1.82, 2.24) is 0 Å². The van der Waals surface area contributed by atoms with Crippen LogP contribution in [0.2, 0.25) is 0 Å². The van der Waals surface area contributed by atoms with Crippen molar-refractivity contribution < 1.29 is 28.6 Å². The van der Waals surface area contributed by atoms with E-state index in [-0.39, 0.29) is 31.6 Å². The Hall–Kier alpha value is -2.63. The van der Waals surface area contributed by atoms with Gasteiger partial charge in [-0.3, -0.25) is 14.4 Å². The molecule has 61 heavy (non-hydrogen) atoms. The first kappa shape index (κ1) is 58.4. The average molecular weight is 855 g/mol. The van der Waals surface area contributed by atoms with Gasteiger partial charge in [0, 0.05) is 12.8 Å². The number of unbranched alkanes of at least 4 members (excludes halogenated alkanes) is 29. The first-order chi connectivity index (χ1) is 30.0. The van der Waals surface area contributed by atoms with Gasteiger partial charge in [0.1, 0.15) is 13.2 Å². The topological polar surface area (TPSA) is 78.9 Å². The lowest BCUT2D eigenvalue weighted by molar-refractivity contribution is -0.166. The maximum atomic E-state index is 12.8. The molecule has 0 saturated heterocycles. The molecule has 0 aliphatic rings. The van der Waals surface area contributed by atoms with Crippen molar-refractivity contribution >= 4 is 17.9 Å². The lowest BCUT2D eigenvalue weighted by atomic mass is 10.0. The van der Waals surface area contributed by atoms with E-state index in [0.29, 0.717) is 12.8 Å². The fraction of sp³-hybridized carbons (Fsp3) is 0.800. The highest BCUT2D eigenvalue weighted by atomic mass is 16.6. The molecule has 0 aliphatic heterocycles. The molecule has 0 heterocycles. The van der Waals surface area contributed by atoms with E-state index in [4.69, 9.17) is 14.2 Å². The zero-order chi connectivity index (χ0) is 44.4. The van der Waals surface area contributed by atoms with E-state index in [1.165, 1.54) is 161 Å². The summed E-state index contributed by atoms with van der Waals surface area (Å²) in [4.78, 5) is 37.8. The fourth-order valence-electron chi connectivity index (χ4n) is 7.44. The Labute approximate surface area is 378 Å². The van der Waals surface area contributed by atoms with Gasteiger partial charge in [0.05, 0.1) is 6.42 Å². The highest BCUT2D eigenvalue weighted by Gasteiger charge is 2.19. The third-order valence-electron chi connectivity index (χ3n) is 11.4. The molecule has 6 heteroatoms. The van der Waals surface area contributed by atoms with Crippen molar-refractivity contribution in [1.29, 1.82) is 0 Å². The molecular formula is C55H98O6. The highest BCUT2D eigenvalue weighted by Crippen LogP contribution is 2.16. The van der Waals surface area contributed by atoms with E-state index in [0.717, 1.165) is 64.2 Å². The third-order valence-corrected chi connectivity index (χ3v) is 11.4. The monoisotopic (exact) mass is 855 g/mol. The molecule has 6 nitrogen and oxygen atoms in total. The molecule has 0 spiro atoms. The second-order valence-corrected chi connectivity index (χ2v) is 17.4. The largest absolute Gasteiger partial charge is 0.462 e. The minimum atomic E-state index is -0.807. The summed E-state index contributed by atoms with van der Waals surface area (Å²) in [6.45, 7) is 6.44. The van der Waals surface area contributed by atoms with Crippen LogP contribution in [-0.4, -0.2) is 37.2 Å². The van der Waals surface area contributed by atoms with E-state index in [2.05, 4.69) is 57.2 Å². The maximum absolute atomic E-state index is 12.8. The Morgan fingerprint density at radius 2 is 0.705 bits per heavy atom. The molecule has 0 amide bonds. The van der Waals surface area contributed by atoms with Crippen molar-refractivity contribution in [2.75, 3.05) is 13.2 Å². The fourth-order valence-corrected chi connectivity index (χ4v) is 7.44. The summed E-state index contributed by atoms with van der Waals surface area (Å²) in [7, 11) is 0. The van der Waals surface area contributed by atoms with E-state index < -0.39 is 12.1 Å². The molecule has 0 aliphatic carbocycles. The van der Waals surface area contributed by atoms with Crippen LogP contribution >= 0.6 is 0 Å². The molecule has 0 radical (unpaired) electrons. The number of carbonyl (C=O) groups excluding carboxylic acids is 3. The number of rotatable bonds is 47. The lowest BCUT2D eigenvalue weighted by Crippen LogP contribution is -2.30. The van der Waals surface area contributed by atoms with Crippen molar-refractivity contribution in [3.8, 4) is 0 Å². The SMILES string of the molecule is CC/C=C\C/C=C\C/C=C\CC(=O)OCC(COC(=O)CCCCCCC/C=C\CCCCCCCCCCC)OC(=O)CCCCCCCCCCCCCCCCCC. The number of carbonyl (C=O) groups is 3. The minimum absolute atomic E-state index is 0.102. The van der Waals surface area contributed by atoms with Crippen molar-refractivity contribution in [3.05, 3.63) is 48.6 Å².